The topological polar surface area (TPSA) is 152 Å². The van der Waals surface area contributed by atoms with Crippen LogP contribution in [0.5, 0.6) is 28.7 Å². The number of phenols is 2. The summed E-state index contributed by atoms with van der Waals surface area (Å²) in [5.41, 5.74) is -0.753. The minimum absolute atomic E-state index is 0.0196. The Morgan fingerprint density at radius 2 is 1.76 bits per heavy atom. The molecule has 10 nitrogen and oxygen atoms in total. The molecule has 5 rings (SSSR count). The highest BCUT2D eigenvalue weighted by molar-refractivity contribution is 7.98. The van der Waals surface area contributed by atoms with Gasteiger partial charge in [-0.15, -0.1) is 11.8 Å². The van der Waals surface area contributed by atoms with E-state index >= 15 is 0 Å². The largest absolute Gasteiger partial charge is 0.507 e. The number of rotatable bonds is 10. The van der Waals surface area contributed by atoms with Crippen molar-refractivity contribution < 1.29 is 43.9 Å². The third-order valence-corrected chi connectivity index (χ3v) is 9.64. The van der Waals surface area contributed by atoms with Gasteiger partial charge in [-0.2, -0.15) is 0 Å². The number of thioether (sulfide) groups is 1. The van der Waals surface area contributed by atoms with E-state index in [-0.39, 0.29) is 64.3 Å². The fourth-order valence-corrected chi connectivity index (χ4v) is 6.76. The lowest BCUT2D eigenvalue weighted by molar-refractivity contribution is -0.121. The van der Waals surface area contributed by atoms with Crippen LogP contribution in [0.1, 0.15) is 47.2 Å². The molecule has 12 heteroatoms. The van der Waals surface area contributed by atoms with Gasteiger partial charge in [-0.1, -0.05) is 36.7 Å². The maximum atomic E-state index is 14.2. The Morgan fingerprint density at radius 3 is 2.39 bits per heavy atom. The second-order valence-electron chi connectivity index (χ2n) is 11.2. The van der Waals surface area contributed by atoms with Gasteiger partial charge in [0.2, 0.25) is 17.3 Å². The maximum absolute atomic E-state index is 14.2. The van der Waals surface area contributed by atoms with E-state index in [0.29, 0.717) is 17.5 Å². The Labute approximate surface area is 275 Å². The van der Waals surface area contributed by atoms with Crippen molar-refractivity contribution in [3.63, 3.8) is 0 Å². The van der Waals surface area contributed by atoms with E-state index in [0.717, 1.165) is 4.90 Å². The highest BCUT2D eigenvalue weighted by Crippen LogP contribution is 2.55. The Bertz CT molecular complexity index is 1740. The summed E-state index contributed by atoms with van der Waals surface area (Å²) < 4.78 is 17.1. The van der Waals surface area contributed by atoms with Crippen LogP contribution in [0.15, 0.2) is 64.8 Å². The molecule has 1 unspecified atom stereocenters. The molecule has 0 aromatic heterocycles. The van der Waals surface area contributed by atoms with Gasteiger partial charge in [0, 0.05) is 47.8 Å². The van der Waals surface area contributed by atoms with Crippen LogP contribution in [0.25, 0.3) is 0 Å². The van der Waals surface area contributed by atoms with Gasteiger partial charge in [0.25, 0.3) is 0 Å². The highest BCUT2D eigenvalue weighted by Gasteiger charge is 2.61. The number of hydrogen-bond donors (Lipinski definition) is 4. The number of ether oxygens (including phenoxy) is 3. The van der Waals surface area contributed by atoms with Crippen LogP contribution in [-0.4, -0.2) is 65.4 Å². The quantitative estimate of drug-likeness (QED) is 0.155. The number of ketones is 2. The lowest BCUT2D eigenvalue weighted by atomic mass is 9.69. The summed E-state index contributed by atoms with van der Waals surface area (Å²) in [6, 6.07) is 13.2. The number of carbonyl (C=O) groups is 3. The first kappa shape index (κ1) is 33.0. The molecule has 0 bridgehead atoms. The Balaban J connectivity index is 1.53. The number of benzene rings is 3. The summed E-state index contributed by atoms with van der Waals surface area (Å²) in [5, 5.41) is 34.2. The second kappa shape index (κ2) is 13.2. The van der Waals surface area contributed by atoms with Gasteiger partial charge in [-0.05, 0) is 48.1 Å². The van der Waals surface area contributed by atoms with E-state index in [9.17, 15) is 29.7 Å². The number of aromatic hydroxyl groups is 2. The van der Waals surface area contributed by atoms with Crippen molar-refractivity contribution in [2.24, 2.45) is 5.92 Å². The number of hydrogen-bond acceptors (Lipinski definition) is 10. The molecule has 1 amide bonds. The van der Waals surface area contributed by atoms with E-state index in [1.54, 1.807) is 25.1 Å². The van der Waals surface area contributed by atoms with Crippen LogP contribution < -0.4 is 19.5 Å². The van der Waals surface area contributed by atoms with Crippen LogP contribution in [0.4, 0.5) is 0 Å². The third-order valence-electron chi connectivity index (χ3n) is 8.54. The number of aliphatic hydroxyl groups is 1. The number of halogens is 1. The summed E-state index contributed by atoms with van der Waals surface area (Å²) in [4.78, 5) is 42.3. The first-order valence-electron chi connectivity index (χ1n) is 14.5. The van der Waals surface area contributed by atoms with Crippen LogP contribution in [0, 0.1) is 5.92 Å². The molecule has 0 fully saturated rings. The van der Waals surface area contributed by atoms with Gasteiger partial charge in [-0.3, -0.25) is 14.4 Å². The zero-order valence-corrected chi connectivity index (χ0v) is 27.3. The van der Waals surface area contributed by atoms with Crippen molar-refractivity contribution in [3.05, 3.63) is 81.6 Å². The number of Topliss-reactive ketones (excluding diaryl/α,β-unsaturated/α-hetero) is 2. The standard InChI is InChI=1S/C34H34ClNO9S/c1-17-13-24(39)28(32(41)34(17)33(42)29-25(43-2)16-26(44-3)30(35)31(29)45-34)21(19-6-8-20(46-4)9-7-19)15-27(40)36-12-11-18-5-10-22(37)23(38)14-18/h5-10,14,16-17,21,37-38,41H,11-13,15H2,1-4H3,(H,36,40)/t17-,21?,34+/m1/s1. The Hall–Kier alpha value is -4.35. The number of methoxy groups -OCH3 is 2. The number of nitrogens with one attached hydrogen (secondary N) is 1. The molecule has 0 saturated heterocycles. The van der Waals surface area contributed by atoms with E-state index in [1.807, 2.05) is 18.4 Å². The van der Waals surface area contributed by atoms with Gasteiger partial charge in [-0.25, -0.2) is 0 Å². The van der Waals surface area contributed by atoms with Gasteiger partial charge in [0.1, 0.15) is 22.1 Å². The monoisotopic (exact) mass is 667 g/mol. The van der Waals surface area contributed by atoms with E-state index in [1.165, 1.54) is 44.2 Å². The number of amides is 1. The minimum Gasteiger partial charge on any atom is -0.507 e. The van der Waals surface area contributed by atoms with Crippen LogP contribution in [0.3, 0.4) is 0 Å². The molecule has 3 aromatic carbocycles. The average molecular weight is 668 g/mol. The van der Waals surface area contributed by atoms with Crippen LogP contribution in [0.2, 0.25) is 5.02 Å². The predicted molar refractivity (Wildman–Crippen MR) is 173 cm³/mol. The fourth-order valence-electron chi connectivity index (χ4n) is 6.09. The molecule has 2 aliphatic rings. The molecule has 0 radical (unpaired) electrons. The van der Waals surface area contributed by atoms with Crippen molar-refractivity contribution in [2.75, 3.05) is 27.0 Å². The third kappa shape index (κ3) is 5.73. The van der Waals surface area contributed by atoms with Gasteiger partial charge < -0.3 is 34.8 Å². The van der Waals surface area contributed by atoms with Crippen LogP contribution >= 0.6 is 23.4 Å². The van der Waals surface area contributed by atoms with E-state index in [4.69, 9.17) is 25.8 Å². The van der Waals surface area contributed by atoms with Crippen molar-refractivity contribution >= 4 is 40.8 Å². The summed E-state index contributed by atoms with van der Waals surface area (Å²) in [6.07, 6.45) is 1.94. The molecule has 46 heavy (non-hydrogen) atoms. The Kier molecular flexibility index (Phi) is 9.46. The normalized spacial score (nSPS) is 19.5. The van der Waals surface area contributed by atoms with Crippen molar-refractivity contribution in [3.8, 4) is 28.7 Å². The lowest BCUT2D eigenvalue weighted by Crippen LogP contribution is -2.53. The molecule has 1 spiro atoms. The zero-order chi connectivity index (χ0) is 33.3. The molecule has 3 atom stereocenters. The SMILES string of the molecule is COc1cc(OC)c2c(c1Cl)O[C@]1(C2=O)C(O)=C(C(CC(=O)NCCc2ccc(O)c(O)c2)c2ccc(SC)cc2)C(=O)C[C@H]1C. The van der Waals surface area contributed by atoms with Gasteiger partial charge in [0.05, 0.1) is 14.2 Å². The zero-order valence-electron chi connectivity index (χ0n) is 25.7. The van der Waals surface area contributed by atoms with Crippen LogP contribution in [-0.2, 0) is 16.0 Å². The summed E-state index contributed by atoms with van der Waals surface area (Å²) >= 11 is 8.10. The summed E-state index contributed by atoms with van der Waals surface area (Å²) in [7, 11) is 2.79. The fraction of sp³-hybridized carbons (Fsp3) is 0.324. The smallest absolute Gasteiger partial charge is 0.231 e. The predicted octanol–water partition coefficient (Wildman–Crippen LogP) is 5.76. The number of carbonyl (C=O) groups excluding carboxylic acids is 3. The average Bonchev–Trinajstić information content (AvgIpc) is 3.36. The molecular weight excluding hydrogens is 634 g/mol. The molecule has 1 aliphatic carbocycles. The van der Waals surface area contributed by atoms with Crippen molar-refractivity contribution in [1.82, 2.24) is 5.32 Å². The maximum Gasteiger partial charge on any atom is 0.231 e. The lowest BCUT2D eigenvalue weighted by Gasteiger charge is -2.38. The molecule has 4 N–H and O–H groups in total. The Morgan fingerprint density at radius 1 is 1.07 bits per heavy atom. The van der Waals surface area contributed by atoms with E-state index in [2.05, 4.69) is 5.32 Å². The molecule has 3 aromatic rings. The highest BCUT2D eigenvalue weighted by atomic mass is 35.5. The number of fused-ring (bicyclic) bond motifs is 1. The van der Waals surface area contributed by atoms with Gasteiger partial charge >= 0.3 is 0 Å². The first-order chi connectivity index (χ1) is 22.0. The van der Waals surface area contributed by atoms with E-state index < -0.39 is 40.7 Å². The number of aliphatic hydroxyl groups excluding tert-OH is 1. The number of phenolic OH excluding ortho intramolecular Hbond substituents is 2. The molecule has 0 saturated carbocycles. The molecule has 242 valence electrons. The molecular formula is C34H34ClNO9S. The molecule has 1 heterocycles. The number of allylic oxidation sites excluding steroid dienone is 1. The summed E-state index contributed by atoms with van der Waals surface area (Å²) in [6.45, 7) is 1.85. The van der Waals surface area contributed by atoms with Gasteiger partial charge in [0.15, 0.2) is 28.8 Å². The van der Waals surface area contributed by atoms with Crippen molar-refractivity contribution in [1.29, 1.82) is 0 Å². The minimum atomic E-state index is -1.98. The molecule has 1 aliphatic heterocycles. The summed E-state index contributed by atoms with van der Waals surface area (Å²) in [5.74, 6) is -3.88. The second-order valence-corrected chi connectivity index (χ2v) is 12.5. The first-order valence-corrected chi connectivity index (χ1v) is 16.1. The van der Waals surface area contributed by atoms with Crippen molar-refractivity contribution in [2.45, 2.75) is 42.6 Å².